The van der Waals surface area contributed by atoms with Crippen molar-refractivity contribution in [3.63, 3.8) is 0 Å². The molecule has 0 aliphatic heterocycles. The van der Waals surface area contributed by atoms with Gasteiger partial charge < -0.3 is 9.73 Å². The molecule has 0 amide bonds. The van der Waals surface area contributed by atoms with Crippen LogP contribution in [-0.2, 0) is 6.54 Å². The first kappa shape index (κ1) is 12.3. The van der Waals surface area contributed by atoms with E-state index in [9.17, 15) is 0 Å². The maximum Gasteiger partial charge on any atom is 0.208 e. The lowest BCUT2D eigenvalue weighted by molar-refractivity contribution is 0.433. The van der Waals surface area contributed by atoms with Gasteiger partial charge in [-0.1, -0.05) is 0 Å². The molecule has 1 N–H and O–H groups in total. The Bertz CT molecular complexity index is 504. The van der Waals surface area contributed by atoms with Crippen molar-refractivity contribution in [2.45, 2.75) is 40.3 Å². The van der Waals surface area contributed by atoms with Crippen LogP contribution in [0.2, 0.25) is 0 Å². The van der Waals surface area contributed by atoms with E-state index in [4.69, 9.17) is 4.42 Å². The fraction of sp³-hybridized carbons (Fsp3) is 0.500. The molecule has 2 heterocycles. The number of aryl methyl sites for hydroxylation is 3. The van der Waals surface area contributed by atoms with Crippen LogP contribution in [0.1, 0.15) is 40.2 Å². The second-order valence-corrected chi connectivity index (χ2v) is 5.38. The molecule has 5 heteroatoms. The SMILES string of the molecule is Cc1cnc(CNC(C)c2sc(C)nc2C)o1. The number of hydrogen-bond donors (Lipinski definition) is 1. The molecule has 4 nitrogen and oxygen atoms in total. The predicted molar refractivity (Wildman–Crippen MR) is 68.1 cm³/mol. The Hall–Kier alpha value is -1.20. The number of nitrogens with zero attached hydrogens (tertiary/aromatic N) is 2. The summed E-state index contributed by atoms with van der Waals surface area (Å²) in [6, 6.07) is 0.272. The van der Waals surface area contributed by atoms with E-state index < -0.39 is 0 Å². The normalized spacial score (nSPS) is 12.9. The maximum absolute atomic E-state index is 5.42. The molecule has 0 saturated heterocycles. The largest absolute Gasteiger partial charge is 0.445 e. The first-order chi connectivity index (χ1) is 8.06. The minimum atomic E-state index is 0.272. The monoisotopic (exact) mass is 251 g/mol. The Morgan fingerprint density at radius 2 is 2.18 bits per heavy atom. The van der Waals surface area contributed by atoms with Crippen molar-refractivity contribution in [2.75, 3.05) is 0 Å². The smallest absolute Gasteiger partial charge is 0.208 e. The summed E-state index contributed by atoms with van der Waals surface area (Å²) in [6.45, 7) is 8.76. The van der Waals surface area contributed by atoms with Crippen LogP contribution < -0.4 is 5.32 Å². The van der Waals surface area contributed by atoms with Gasteiger partial charge in [-0.15, -0.1) is 11.3 Å². The van der Waals surface area contributed by atoms with Crippen molar-refractivity contribution in [1.29, 1.82) is 0 Å². The molecular formula is C12H17N3OS. The number of oxazole rings is 1. The molecule has 0 aromatic carbocycles. The van der Waals surface area contributed by atoms with E-state index in [1.165, 1.54) is 4.88 Å². The number of thiazole rings is 1. The minimum Gasteiger partial charge on any atom is -0.445 e. The molecule has 2 rings (SSSR count). The second kappa shape index (κ2) is 4.98. The summed E-state index contributed by atoms with van der Waals surface area (Å²) in [6.07, 6.45) is 1.74. The molecule has 0 aliphatic rings. The van der Waals surface area contributed by atoms with Crippen LogP contribution in [0.15, 0.2) is 10.6 Å². The fourth-order valence-electron chi connectivity index (χ4n) is 1.77. The summed E-state index contributed by atoms with van der Waals surface area (Å²) < 4.78 is 5.42. The van der Waals surface area contributed by atoms with Crippen molar-refractivity contribution in [3.05, 3.63) is 33.4 Å². The Labute approximate surface area is 105 Å². The third kappa shape index (κ3) is 2.92. The molecule has 1 unspecified atom stereocenters. The Balaban J connectivity index is 1.97. The van der Waals surface area contributed by atoms with Gasteiger partial charge in [0.15, 0.2) is 0 Å². The van der Waals surface area contributed by atoms with E-state index in [2.05, 4.69) is 22.2 Å². The van der Waals surface area contributed by atoms with Crippen molar-refractivity contribution in [3.8, 4) is 0 Å². The molecule has 0 saturated carbocycles. The molecule has 92 valence electrons. The molecular weight excluding hydrogens is 234 g/mol. The van der Waals surface area contributed by atoms with Gasteiger partial charge in [-0.05, 0) is 27.7 Å². The zero-order chi connectivity index (χ0) is 12.4. The predicted octanol–water partition coefficient (Wildman–Crippen LogP) is 2.91. The van der Waals surface area contributed by atoms with Crippen molar-refractivity contribution in [2.24, 2.45) is 0 Å². The average molecular weight is 251 g/mol. The summed E-state index contributed by atoms with van der Waals surface area (Å²) in [5.74, 6) is 1.58. The number of nitrogens with one attached hydrogen (secondary N) is 1. The van der Waals surface area contributed by atoms with Gasteiger partial charge in [-0.3, -0.25) is 0 Å². The zero-order valence-electron chi connectivity index (χ0n) is 10.6. The highest BCUT2D eigenvalue weighted by molar-refractivity contribution is 7.11. The van der Waals surface area contributed by atoms with Crippen LogP contribution in [0.5, 0.6) is 0 Å². The minimum absolute atomic E-state index is 0.272. The van der Waals surface area contributed by atoms with Gasteiger partial charge in [0.25, 0.3) is 0 Å². The fourth-order valence-corrected chi connectivity index (χ4v) is 2.72. The molecule has 1 atom stereocenters. The van der Waals surface area contributed by atoms with E-state index in [1.807, 2.05) is 20.8 Å². The van der Waals surface area contributed by atoms with Gasteiger partial charge in [0, 0.05) is 10.9 Å². The summed E-state index contributed by atoms with van der Waals surface area (Å²) in [7, 11) is 0. The number of hydrogen-bond acceptors (Lipinski definition) is 5. The average Bonchev–Trinajstić information content (AvgIpc) is 2.81. The summed E-state index contributed by atoms with van der Waals surface area (Å²) in [5.41, 5.74) is 1.11. The highest BCUT2D eigenvalue weighted by Crippen LogP contribution is 2.24. The van der Waals surface area contributed by atoms with Gasteiger partial charge >= 0.3 is 0 Å². The van der Waals surface area contributed by atoms with Crippen LogP contribution >= 0.6 is 11.3 Å². The first-order valence-corrected chi connectivity index (χ1v) is 6.46. The highest BCUT2D eigenvalue weighted by Gasteiger charge is 2.13. The Kier molecular flexibility index (Phi) is 3.59. The number of rotatable bonds is 4. The van der Waals surface area contributed by atoms with Crippen LogP contribution in [0.25, 0.3) is 0 Å². The molecule has 2 aromatic rings. The van der Waals surface area contributed by atoms with Crippen LogP contribution in [0.4, 0.5) is 0 Å². The van der Waals surface area contributed by atoms with Crippen molar-refractivity contribution >= 4 is 11.3 Å². The lowest BCUT2D eigenvalue weighted by atomic mass is 10.2. The van der Waals surface area contributed by atoms with Crippen LogP contribution in [0.3, 0.4) is 0 Å². The topological polar surface area (TPSA) is 51.0 Å². The first-order valence-electron chi connectivity index (χ1n) is 5.65. The van der Waals surface area contributed by atoms with Gasteiger partial charge in [0.1, 0.15) is 5.76 Å². The van der Waals surface area contributed by atoms with E-state index in [0.29, 0.717) is 6.54 Å². The lowest BCUT2D eigenvalue weighted by Gasteiger charge is -2.10. The Morgan fingerprint density at radius 1 is 1.41 bits per heavy atom. The zero-order valence-corrected chi connectivity index (χ0v) is 11.4. The summed E-state index contributed by atoms with van der Waals surface area (Å²) in [5, 5.41) is 4.51. The Morgan fingerprint density at radius 3 is 2.71 bits per heavy atom. The van der Waals surface area contributed by atoms with Gasteiger partial charge in [-0.2, -0.15) is 0 Å². The van der Waals surface area contributed by atoms with Gasteiger partial charge in [-0.25, -0.2) is 9.97 Å². The van der Waals surface area contributed by atoms with Gasteiger partial charge in [0.2, 0.25) is 5.89 Å². The second-order valence-electron chi connectivity index (χ2n) is 4.15. The molecule has 0 spiro atoms. The van der Waals surface area contributed by atoms with Crippen molar-refractivity contribution in [1.82, 2.24) is 15.3 Å². The third-order valence-corrected chi connectivity index (χ3v) is 3.82. The quantitative estimate of drug-likeness (QED) is 0.907. The van der Waals surface area contributed by atoms with E-state index in [0.717, 1.165) is 22.4 Å². The number of aromatic nitrogens is 2. The third-order valence-electron chi connectivity index (χ3n) is 2.56. The summed E-state index contributed by atoms with van der Waals surface area (Å²) in [4.78, 5) is 9.88. The summed E-state index contributed by atoms with van der Waals surface area (Å²) >= 11 is 1.74. The highest BCUT2D eigenvalue weighted by atomic mass is 32.1. The van der Waals surface area contributed by atoms with E-state index in [1.54, 1.807) is 17.5 Å². The van der Waals surface area contributed by atoms with E-state index in [-0.39, 0.29) is 6.04 Å². The molecule has 0 aliphatic carbocycles. The van der Waals surface area contributed by atoms with Gasteiger partial charge in [0.05, 0.1) is 23.4 Å². The van der Waals surface area contributed by atoms with Crippen LogP contribution in [-0.4, -0.2) is 9.97 Å². The molecule has 2 aromatic heterocycles. The molecule has 0 radical (unpaired) electrons. The molecule has 0 fully saturated rings. The molecule has 0 bridgehead atoms. The molecule has 17 heavy (non-hydrogen) atoms. The lowest BCUT2D eigenvalue weighted by Crippen LogP contribution is -2.18. The maximum atomic E-state index is 5.42. The van der Waals surface area contributed by atoms with E-state index >= 15 is 0 Å². The standard InChI is InChI=1S/C12H17N3OS/c1-7-5-14-11(16-7)6-13-8(2)12-9(3)15-10(4)17-12/h5,8,13H,6H2,1-4H3. The van der Waals surface area contributed by atoms with Crippen LogP contribution in [0, 0.1) is 20.8 Å². The van der Waals surface area contributed by atoms with Crippen molar-refractivity contribution < 1.29 is 4.42 Å².